The van der Waals surface area contributed by atoms with E-state index in [1.165, 1.54) is 5.56 Å². The van der Waals surface area contributed by atoms with Crippen molar-refractivity contribution in [3.8, 4) is 0 Å². The van der Waals surface area contributed by atoms with Crippen LogP contribution in [0.2, 0.25) is 0 Å². The Morgan fingerprint density at radius 2 is 1.60 bits per heavy atom. The number of benzene rings is 2. The molecular weight excluding hydrogens is 249 g/mol. The number of hydrogen-bond acceptors (Lipinski definition) is 1. The van der Waals surface area contributed by atoms with Crippen molar-refractivity contribution in [3.63, 3.8) is 0 Å². The Balaban J connectivity index is 2.49. The molecule has 20 heavy (non-hydrogen) atoms. The van der Waals surface area contributed by atoms with E-state index >= 15 is 0 Å². The SMILES string of the molecule is CCN(CC)c1c(F)cccc1C(C)c1ccccc1. The van der Waals surface area contributed by atoms with Gasteiger partial charge in [0.15, 0.2) is 0 Å². The lowest BCUT2D eigenvalue weighted by Gasteiger charge is -2.27. The van der Waals surface area contributed by atoms with Crippen molar-refractivity contribution in [2.75, 3.05) is 18.0 Å². The molecule has 2 aromatic carbocycles. The van der Waals surface area contributed by atoms with Crippen LogP contribution in [0.4, 0.5) is 10.1 Å². The summed E-state index contributed by atoms with van der Waals surface area (Å²) in [5, 5.41) is 0. The van der Waals surface area contributed by atoms with Gasteiger partial charge in [-0.2, -0.15) is 0 Å². The second-order valence-electron chi connectivity index (χ2n) is 4.98. The van der Waals surface area contributed by atoms with E-state index in [4.69, 9.17) is 0 Å². The molecule has 2 heteroatoms. The number of rotatable bonds is 5. The second kappa shape index (κ2) is 6.56. The van der Waals surface area contributed by atoms with Crippen LogP contribution in [-0.4, -0.2) is 13.1 Å². The van der Waals surface area contributed by atoms with E-state index in [9.17, 15) is 4.39 Å². The number of hydrogen-bond donors (Lipinski definition) is 0. The van der Waals surface area contributed by atoms with E-state index in [2.05, 4.69) is 37.8 Å². The fourth-order valence-corrected chi connectivity index (χ4v) is 2.68. The first-order valence-electron chi connectivity index (χ1n) is 7.27. The Morgan fingerprint density at radius 1 is 0.950 bits per heavy atom. The molecule has 0 heterocycles. The second-order valence-corrected chi connectivity index (χ2v) is 4.98. The zero-order valence-corrected chi connectivity index (χ0v) is 12.4. The first kappa shape index (κ1) is 14.6. The van der Waals surface area contributed by atoms with E-state index in [1.807, 2.05) is 24.3 Å². The van der Waals surface area contributed by atoms with Gasteiger partial charge in [-0.15, -0.1) is 0 Å². The highest BCUT2D eigenvalue weighted by Gasteiger charge is 2.18. The van der Waals surface area contributed by atoms with E-state index in [0.717, 1.165) is 24.3 Å². The summed E-state index contributed by atoms with van der Waals surface area (Å²) in [5.41, 5.74) is 3.01. The number of para-hydroxylation sites is 1. The quantitative estimate of drug-likeness (QED) is 0.753. The van der Waals surface area contributed by atoms with Gasteiger partial charge in [-0.3, -0.25) is 0 Å². The number of nitrogens with zero attached hydrogens (tertiary/aromatic N) is 1. The van der Waals surface area contributed by atoms with Crippen molar-refractivity contribution in [1.29, 1.82) is 0 Å². The molecule has 0 bridgehead atoms. The van der Waals surface area contributed by atoms with Gasteiger partial charge in [0.1, 0.15) is 5.82 Å². The molecule has 0 N–H and O–H groups in total. The molecule has 0 aliphatic heterocycles. The minimum absolute atomic E-state index is 0.131. The van der Waals surface area contributed by atoms with Crippen LogP contribution in [0.3, 0.4) is 0 Å². The summed E-state index contributed by atoms with van der Waals surface area (Å²) >= 11 is 0. The van der Waals surface area contributed by atoms with Gasteiger partial charge in [-0.1, -0.05) is 49.4 Å². The molecule has 2 aromatic rings. The first-order valence-corrected chi connectivity index (χ1v) is 7.27. The minimum atomic E-state index is -0.131. The molecule has 106 valence electrons. The van der Waals surface area contributed by atoms with Crippen molar-refractivity contribution in [2.24, 2.45) is 0 Å². The summed E-state index contributed by atoms with van der Waals surface area (Å²) in [6.07, 6.45) is 0. The number of anilines is 1. The lowest BCUT2D eigenvalue weighted by molar-refractivity contribution is 0.615. The maximum atomic E-state index is 14.3. The summed E-state index contributed by atoms with van der Waals surface area (Å²) in [6.45, 7) is 7.88. The van der Waals surface area contributed by atoms with Crippen molar-refractivity contribution in [1.82, 2.24) is 0 Å². The first-order chi connectivity index (χ1) is 9.69. The van der Waals surface area contributed by atoms with Gasteiger partial charge < -0.3 is 4.90 Å². The average molecular weight is 271 g/mol. The molecule has 0 spiro atoms. The summed E-state index contributed by atoms with van der Waals surface area (Å²) in [7, 11) is 0. The van der Waals surface area contributed by atoms with Crippen molar-refractivity contribution in [2.45, 2.75) is 26.7 Å². The fourth-order valence-electron chi connectivity index (χ4n) is 2.68. The van der Waals surface area contributed by atoms with E-state index < -0.39 is 0 Å². The Bertz CT molecular complexity index is 547. The average Bonchev–Trinajstić information content (AvgIpc) is 2.50. The van der Waals surface area contributed by atoms with Gasteiger partial charge in [0.2, 0.25) is 0 Å². The van der Waals surface area contributed by atoms with Gasteiger partial charge in [0.05, 0.1) is 5.69 Å². The van der Waals surface area contributed by atoms with Crippen LogP contribution in [0.15, 0.2) is 48.5 Å². The molecule has 0 amide bonds. The Kier molecular flexibility index (Phi) is 4.78. The Morgan fingerprint density at radius 3 is 2.20 bits per heavy atom. The molecule has 0 saturated heterocycles. The lowest BCUT2D eigenvalue weighted by Crippen LogP contribution is -2.25. The topological polar surface area (TPSA) is 3.24 Å². The molecule has 1 unspecified atom stereocenters. The monoisotopic (exact) mass is 271 g/mol. The maximum absolute atomic E-state index is 14.3. The van der Waals surface area contributed by atoms with Crippen molar-refractivity contribution < 1.29 is 4.39 Å². The van der Waals surface area contributed by atoms with Crippen LogP contribution < -0.4 is 4.90 Å². The fraction of sp³-hybridized carbons (Fsp3) is 0.333. The lowest BCUT2D eigenvalue weighted by atomic mass is 9.91. The molecule has 0 saturated carbocycles. The van der Waals surface area contributed by atoms with Crippen molar-refractivity contribution in [3.05, 3.63) is 65.5 Å². The van der Waals surface area contributed by atoms with Gasteiger partial charge in [0.25, 0.3) is 0 Å². The van der Waals surface area contributed by atoms with Gasteiger partial charge >= 0.3 is 0 Å². The summed E-state index contributed by atoms with van der Waals surface area (Å²) in [6, 6.07) is 15.7. The predicted octanol–water partition coefficient (Wildman–Crippen LogP) is 4.82. The molecule has 0 aliphatic carbocycles. The standard InChI is InChI=1S/C18H22FN/c1-4-20(5-2)18-16(12-9-13-17(18)19)14(3)15-10-7-6-8-11-15/h6-14H,4-5H2,1-3H3. The molecule has 0 radical (unpaired) electrons. The zero-order chi connectivity index (χ0) is 14.5. The van der Waals surface area contributed by atoms with E-state index in [0.29, 0.717) is 0 Å². The van der Waals surface area contributed by atoms with Gasteiger partial charge in [0, 0.05) is 19.0 Å². The molecule has 2 rings (SSSR count). The third kappa shape index (κ3) is 2.84. The molecule has 0 fully saturated rings. The largest absolute Gasteiger partial charge is 0.369 e. The van der Waals surface area contributed by atoms with Crippen molar-refractivity contribution >= 4 is 5.69 Å². The molecular formula is C18H22FN. The van der Waals surface area contributed by atoms with E-state index in [1.54, 1.807) is 12.1 Å². The molecule has 0 aliphatic rings. The summed E-state index contributed by atoms with van der Waals surface area (Å²) in [4.78, 5) is 2.09. The summed E-state index contributed by atoms with van der Waals surface area (Å²) in [5.74, 6) is 0.0523. The third-order valence-electron chi connectivity index (χ3n) is 3.86. The highest BCUT2D eigenvalue weighted by molar-refractivity contribution is 5.58. The zero-order valence-electron chi connectivity index (χ0n) is 12.4. The minimum Gasteiger partial charge on any atom is -0.369 e. The predicted molar refractivity (Wildman–Crippen MR) is 83.9 cm³/mol. The summed E-state index contributed by atoms with van der Waals surface area (Å²) < 4.78 is 14.3. The Labute approximate surface area is 121 Å². The van der Waals surface area contributed by atoms with Crippen LogP contribution in [0.1, 0.15) is 37.8 Å². The van der Waals surface area contributed by atoms with Crippen LogP contribution >= 0.6 is 0 Å². The number of halogens is 1. The van der Waals surface area contributed by atoms with Crippen LogP contribution in [-0.2, 0) is 0 Å². The van der Waals surface area contributed by atoms with Crippen LogP contribution in [0.25, 0.3) is 0 Å². The highest BCUT2D eigenvalue weighted by atomic mass is 19.1. The Hall–Kier alpha value is -1.83. The maximum Gasteiger partial charge on any atom is 0.146 e. The molecule has 1 atom stereocenters. The normalized spacial score (nSPS) is 12.2. The van der Waals surface area contributed by atoms with Gasteiger partial charge in [-0.25, -0.2) is 4.39 Å². The van der Waals surface area contributed by atoms with E-state index in [-0.39, 0.29) is 11.7 Å². The van der Waals surface area contributed by atoms with Crippen LogP contribution in [0, 0.1) is 5.82 Å². The highest BCUT2D eigenvalue weighted by Crippen LogP contribution is 2.34. The van der Waals surface area contributed by atoms with Gasteiger partial charge in [-0.05, 0) is 31.0 Å². The molecule has 1 nitrogen and oxygen atoms in total. The van der Waals surface area contributed by atoms with Crippen LogP contribution in [0.5, 0.6) is 0 Å². The smallest absolute Gasteiger partial charge is 0.146 e. The third-order valence-corrected chi connectivity index (χ3v) is 3.86. The molecule has 0 aromatic heterocycles.